The van der Waals surface area contributed by atoms with E-state index in [1.165, 1.54) is 0 Å². The molecule has 0 unspecified atom stereocenters. The molecule has 2 aromatic rings. The fraction of sp³-hybridized carbons (Fsp3) is 0.385. The van der Waals surface area contributed by atoms with E-state index in [1.807, 2.05) is 24.3 Å². The molecule has 0 radical (unpaired) electrons. The number of phenols is 1. The fourth-order valence-electron chi connectivity index (χ4n) is 3.89. The summed E-state index contributed by atoms with van der Waals surface area (Å²) >= 11 is 0. The Morgan fingerprint density at radius 2 is 1.66 bits per heavy atom. The molecule has 0 saturated carbocycles. The number of nitrogens with zero attached hydrogens (tertiary/aromatic N) is 1. The lowest BCUT2D eigenvalue weighted by atomic mass is 9.86. The van der Waals surface area contributed by atoms with Crippen molar-refractivity contribution in [3.63, 3.8) is 0 Å². The molecular formula is C26H33NO5. The minimum Gasteiger partial charge on any atom is -0.508 e. The Hall–Kier alpha value is -3.12. The minimum absolute atomic E-state index is 0.0122. The van der Waals surface area contributed by atoms with E-state index in [0.29, 0.717) is 12.1 Å². The standard InChI is InChI=1S/C26H33NO5/c1-18(2)27(19(3)4)15-14-22(21-8-6-5-7-9-21)23-16-20(10-11-24(23)28)17-32-26(31)13-12-25(29)30/h5-13,16,18-19,22,28H,14-15,17H2,1-4H3,(H,29,30)/b13-12+/t22-/m1/s1. The summed E-state index contributed by atoms with van der Waals surface area (Å²) in [5, 5.41) is 19.3. The lowest BCUT2D eigenvalue weighted by molar-refractivity contribution is -0.139. The molecular weight excluding hydrogens is 406 g/mol. The Labute approximate surface area is 190 Å². The number of benzene rings is 2. The summed E-state index contributed by atoms with van der Waals surface area (Å²) in [5.41, 5.74) is 2.60. The van der Waals surface area contributed by atoms with Gasteiger partial charge < -0.3 is 14.9 Å². The Morgan fingerprint density at radius 1 is 1.00 bits per heavy atom. The van der Waals surface area contributed by atoms with Crippen molar-refractivity contribution in [1.29, 1.82) is 0 Å². The van der Waals surface area contributed by atoms with Crippen molar-refractivity contribution in [1.82, 2.24) is 4.90 Å². The van der Waals surface area contributed by atoms with Crippen LogP contribution in [0.4, 0.5) is 0 Å². The van der Waals surface area contributed by atoms with Gasteiger partial charge in [0.2, 0.25) is 0 Å². The van der Waals surface area contributed by atoms with E-state index in [9.17, 15) is 14.7 Å². The van der Waals surface area contributed by atoms with Gasteiger partial charge in [-0.05, 0) is 63.9 Å². The van der Waals surface area contributed by atoms with E-state index in [1.54, 1.807) is 12.1 Å². The maximum absolute atomic E-state index is 11.7. The highest BCUT2D eigenvalue weighted by Gasteiger charge is 2.21. The van der Waals surface area contributed by atoms with Gasteiger partial charge in [0.05, 0.1) is 0 Å². The number of ether oxygens (including phenoxy) is 1. The molecule has 2 N–H and O–H groups in total. The van der Waals surface area contributed by atoms with Gasteiger partial charge in [0, 0.05) is 35.7 Å². The van der Waals surface area contributed by atoms with Crippen LogP contribution in [0.3, 0.4) is 0 Å². The molecule has 0 saturated heterocycles. The van der Waals surface area contributed by atoms with Gasteiger partial charge in [-0.3, -0.25) is 4.90 Å². The van der Waals surface area contributed by atoms with Crippen LogP contribution in [0.15, 0.2) is 60.7 Å². The van der Waals surface area contributed by atoms with Crippen LogP contribution in [-0.4, -0.2) is 45.7 Å². The number of esters is 1. The Kier molecular flexibility index (Phi) is 9.47. The summed E-state index contributed by atoms with van der Waals surface area (Å²) in [5.74, 6) is -1.78. The van der Waals surface area contributed by atoms with Gasteiger partial charge in [-0.1, -0.05) is 36.4 Å². The number of carboxylic acid groups (broad SMARTS) is 1. The molecule has 0 aromatic heterocycles. The zero-order valence-corrected chi connectivity index (χ0v) is 19.2. The summed E-state index contributed by atoms with van der Waals surface area (Å²) in [7, 11) is 0. The monoisotopic (exact) mass is 439 g/mol. The lowest BCUT2D eigenvalue weighted by Crippen LogP contribution is -2.38. The summed E-state index contributed by atoms with van der Waals surface area (Å²) in [6.45, 7) is 9.59. The van der Waals surface area contributed by atoms with Crippen molar-refractivity contribution < 1.29 is 24.5 Å². The molecule has 0 spiro atoms. The maximum atomic E-state index is 11.7. The number of phenolic OH excluding ortho intramolecular Hbond substituents is 1. The topological polar surface area (TPSA) is 87.1 Å². The van der Waals surface area contributed by atoms with Gasteiger partial charge >= 0.3 is 11.9 Å². The first-order valence-corrected chi connectivity index (χ1v) is 10.9. The van der Waals surface area contributed by atoms with Crippen molar-refractivity contribution in [2.24, 2.45) is 0 Å². The highest BCUT2D eigenvalue weighted by molar-refractivity contribution is 5.90. The van der Waals surface area contributed by atoms with Crippen LogP contribution in [0, 0.1) is 0 Å². The molecule has 0 amide bonds. The van der Waals surface area contributed by atoms with Crippen LogP contribution in [0.5, 0.6) is 5.75 Å². The normalized spacial score (nSPS) is 12.6. The van der Waals surface area contributed by atoms with Crippen molar-refractivity contribution in [3.05, 3.63) is 77.4 Å². The van der Waals surface area contributed by atoms with E-state index < -0.39 is 11.9 Å². The molecule has 0 aliphatic carbocycles. The second-order valence-corrected chi connectivity index (χ2v) is 8.35. The number of carbonyl (C=O) groups excluding carboxylic acids is 1. The maximum Gasteiger partial charge on any atom is 0.331 e. The van der Waals surface area contributed by atoms with Crippen LogP contribution >= 0.6 is 0 Å². The number of hydrogen-bond donors (Lipinski definition) is 2. The Morgan fingerprint density at radius 3 is 2.25 bits per heavy atom. The van der Waals surface area contributed by atoms with E-state index in [0.717, 1.165) is 41.8 Å². The summed E-state index contributed by atoms with van der Waals surface area (Å²) in [4.78, 5) is 24.7. The second kappa shape index (κ2) is 12.1. The first-order valence-electron chi connectivity index (χ1n) is 10.9. The largest absolute Gasteiger partial charge is 0.508 e. The van der Waals surface area contributed by atoms with E-state index in [4.69, 9.17) is 9.84 Å². The number of carboxylic acids is 1. The van der Waals surface area contributed by atoms with E-state index in [2.05, 4.69) is 44.7 Å². The number of aliphatic carboxylic acids is 1. The number of carbonyl (C=O) groups is 2. The van der Waals surface area contributed by atoms with Crippen molar-refractivity contribution >= 4 is 11.9 Å². The summed E-state index contributed by atoms with van der Waals surface area (Å²) < 4.78 is 5.14. The van der Waals surface area contributed by atoms with Gasteiger partial charge in [-0.15, -0.1) is 0 Å². The SMILES string of the molecule is CC(C)N(CC[C@H](c1ccccc1)c1cc(COC(=O)/C=C/C(=O)O)ccc1O)C(C)C. The van der Waals surface area contributed by atoms with Crippen LogP contribution in [0.1, 0.15) is 56.7 Å². The van der Waals surface area contributed by atoms with Crippen molar-refractivity contribution in [3.8, 4) is 5.75 Å². The first kappa shape index (κ1) is 25.1. The number of hydrogen-bond acceptors (Lipinski definition) is 5. The molecule has 0 fully saturated rings. The highest BCUT2D eigenvalue weighted by atomic mass is 16.5. The third-order valence-electron chi connectivity index (χ3n) is 5.41. The molecule has 0 aliphatic heterocycles. The molecule has 6 nitrogen and oxygen atoms in total. The van der Waals surface area contributed by atoms with E-state index in [-0.39, 0.29) is 18.3 Å². The molecule has 32 heavy (non-hydrogen) atoms. The lowest BCUT2D eigenvalue weighted by Gasteiger charge is -2.32. The van der Waals surface area contributed by atoms with Crippen LogP contribution in [-0.2, 0) is 20.9 Å². The van der Waals surface area contributed by atoms with E-state index >= 15 is 0 Å². The number of aromatic hydroxyl groups is 1. The quantitative estimate of drug-likeness (QED) is 0.389. The molecule has 2 rings (SSSR count). The van der Waals surface area contributed by atoms with Gasteiger partial charge in [0.1, 0.15) is 12.4 Å². The van der Waals surface area contributed by atoms with Crippen LogP contribution in [0.2, 0.25) is 0 Å². The third-order valence-corrected chi connectivity index (χ3v) is 5.41. The summed E-state index contributed by atoms with van der Waals surface area (Å²) in [6, 6.07) is 16.0. The Bertz CT molecular complexity index is 913. The third kappa shape index (κ3) is 7.54. The predicted octanol–water partition coefficient (Wildman–Crippen LogP) is 4.72. The summed E-state index contributed by atoms with van der Waals surface area (Å²) in [6.07, 6.45) is 2.44. The Balaban J connectivity index is 2.27. The van der Waals surface area contributed by atoms with Gasteiger partial charge in [-0.25, -0.2) is 9.59 Å². The van der Waals surface area contributed by atoms with Crippen molar-refractivity contribution in [2.75, 3.05) is 6.54 Å². The molecule has 0 heterocycles. The predicted molar refractivity (Wildman–Crippen MR) is 125 cm³/mol. The molecule has 0 bridgehead atoms. The number of rotatable bonds is 11. The highest BCUT2D eigenvalue weighted by Crippen LogP contribution is 2.35. The average molecular weight is 440 g/mol. The fourth-order valence-corrected chi connectivity index (χ4v) is 3.89. The zero-order chi connectivity index (χ0) is 23.7. The van der Waals surface area contributed by atoms with Crippen LogP contribution in [0.25, 0.3) is 0 Å². The van der Waals surface area contributed by atoms with Gasteiger partial charge in [0.25, 0.3) is 0 Å². The second-order valence-electron chi connectivity index (χ2n) is 8.35. The smallest absolute Gasteiger partial charge is 0.331 e. The molecule has 1 atom stereocenters. The van der Waals surface area contributed by atoms with Crippen molar-refractivity contribution in [2.45, 2.75) is 58.7 Å². The first-order chi connectivity index (χ1) is 15.2. The average Bonchev–Trinajstić information content (AvgIpc) is 2.75. The molecule has 0 aliphatic rings. The van der Waals surface area contributed by atoms with Gasteiger partial charge in [0.15, 0.2) is 0 Å². The minimum atomic E-state index is -1.21. The molecule has 2 aromatic carbocycles. The zero-order valence-electron chi connectivity index (χ0n) is 19.2. The molecule has 172 valence electrons. The van der Waals surface area contributed by atoms with Crippen LogP contribution < -0.4 is 0 Å². The van der Waals surface area contributed by atoms with Gasteiger partial charge in [-0.2, -0.15) is 0 Å². The molecule has 6 heteroatoms.